The van der Waals surface area contributed by atoms with Gasteiger partial charge in [0.25, 0.3) is 0 Å². The molecule has 39 heavy (non-hydrogen) atoms. The lowest BCUT2D eigenvalue weighted by Crippen LogP contribution is -2.51. The van der Waals surface area contributed by atoms with Crippen LogP contribution in [0.4, 0.5) is 5.69 Å². The molecule has 1 aliphatic heterocycles. The van der Waals surface area contributed by atoms with E-state index < -0.39 is 0 Å². The Morgan fingerprint density at radius 1 is 1.10 bits per heavy atom. The van der Waals surface area contributed by atoms with E-state index in [4.69, 9.17) is 27.9 Å². The maximum Gasteiger partial charge on any atom is 0.331 e. The molecule has 5 nitrogen and oxygen atoms in total. The number of halogens is 2. The minimum Gasteiger partial charge on any atom is -0.459 e. The molecular formula is C32H42Cl2N2O3. The molecule has 1 amide bonds. The van der Waals surface area contributed by atoms with E-state index >= 15 is 0 Å². The van der Waals surface area contributed by atoms with E-state index in [9.17, 15) is 9.59 Å². The van der Waals surface area contributed by atoms with Crippen molar-refractivity contribution in [2.45, 2.75) is 64.9 Å². The van der Waals surface area contributed by atoms with Crippen LogP contribution in [0.5, 0.6) is 0 Å². The van der Waals surface area contributed by atoms with E-state index in [-0.39, 0.29) is 28.8 Å². The Morgan fingerprint density at radius 2 is 1.90 bits per heavy atom. The van der Waals surface area contributed by atoms with Crippen LogP contribution in [-0.2, 0) is 14.3 Å². The summed E-state index contributed by atoms with van der Waals surface area (Å²) in [6.45, 7) is 6.96. The summed E-state index contributed by atoms with van der Waals surface area (Å²) in [5.74, 6) is 2.66. The fraction of sp³-hybridized carbons (Fsp3) is 0.625. The lowest BCUT2D eigenvalue weighted by atomic mass is 9.48. The topological polar surface area (TPSA) is 58.6 Å². The number of benzene rings is 1. The zero-order valence-electron chi connectivity index (χ0n) is 23.3. The first kappa shape index (κ1) is 28.5. The van der Waals surface area contributed by atoms with Crippen LogP contribution in [0.1, 0.15) is 64.4 Å². The van der Waals surface area contributed by atoms with Crippen LogP contribution in [0.15, 0.2) is 42.0 Å². The number of nitrogens with zero attached hydrogens (tertiary/aromatic N) is 1. The zero-order valence-corrected chi connectivity index (χ0v) is 24.8. The SMILES string of the molecule is C[C@]12CC[C@H]3[C@@H](CCC4=CC(=O)NCC[C@@]43C)[C@@H]1CC[C@@H]2OC(=O)/C=C/c1cccc(N(CCCl)CCCl)c1. The molecule has 3 aliphatic carbocycles. The summed E-state index contributed by atoms with van der Waals surface area (Å²) in [5, 5.41) is 3.06. The Hall–Kier alpha value is -1.98. The number of ether oxygens (including phenoxy) is 1. The maximum atomic E-state index is 13.0. The van der Waals surface area contributed by atoms with Gasteiger partial charge in [-0.25, -0.2) is 4.79 Å². The van der Waals surface area contributed by atoms with Gasteiger partial charge < -0.3 is 15.0 Å². The number of nitrogens with one attached hydrogen (secondary N) is 1. The van der Waals surface area contributed by atoms with Crippen molar-refractivity contribution in [1.29, 1.82) is 0 Å². The third-order valence-electron chi connectivity index (χ3n) is 10.5. The van der Waals surface area contributed by atoms with Crippen molar-refractivity contribution in [1.82, 2.24) is 5.32 Å². The van der Waals surface area contributed by atoms with Crippen molar-refractivity contribution in [3.05, 3.63) is 47.6 Å². The maximum absolute atomic E-state index is 13.0. The average Bonchev–Trinajstić information content (AvgIpc) is 3.16. The molecule has 212 valence electrons. The molecule has 3 saturated carbocycles. The molecule has 1 aromatic rings. The van der Waals surface area contributed by atoms with Gasteiger partial charge in [0.1, 0.15) is 6.10 Å². The standard InChI is InChI=1S/C32H42Cl2N2O3/c1-31-14-17-35-29(37)21-23(31)7-8-25-26-9-10-28(32(26,2)13-12-27(25)31)39-30(38)11-6-22-4-3-5-24(20-22)36(18-15-33)19-16-34/h3-6,11,20-21,25-28H,7-10,12-19H2,1-2H3,(H,35,37)/b11-6+/t25-,26-,27-,28-,31-,32-/m0/s1. The summed E-state index contributed by atoms with van der Waals surface area (Å²) in [6.07, 6.45) is 12.7. The van der Waals surface area contributed by atoms with Crippen LogP contribution >= 0.6 is 23.2 Å². The molecule has 0 radical (unpaired) electrons. The highest BCUT2D eigenvalue weighted by molar-refractivity contribution is 6.18. The van der Waals surface area contributed by atoms with Crippen LogP contribution < -0.4 is 10.2 Å². The Bertz CT molecular complexity index is 1130. The quantitative estimate of drug-likeness (QED) is 0.217. The minimum absolute atomic E-state index is 0.0184. The highest BCUT2D eigenvalue weighted by Crippen LogP contribution is 2.65. The van der Waals surface area contributed by atoms with E-state index in [1.807, 2.05) is 30.4 Å². The number of anilines is 1. The third-order valence-corrected chi connectivity index (χ3v) is 10.9. The van der Waals surface area contributed by atoms with Gasteiger partial charge >= 0.3 is 5.97 Å². The van der Waals surface area contributed by atoms with Gasteiger partial charge in [-0.3, -0.25) is 4.79 Å². The molecule has 7 heteroatoms. The minimum atomic E-state index is -0.262. The first-order valence-electron chi connectivity index (χ1n) is 14.6. The number of allylic oxidation sites excluding steroid dienone is 1. The highest BCUT2D eigenvalue weighted by Gasteiger charge is 2.59. The molecule has 6 atom stereocenters. The number of amides is 1. The first-order chi connectivity index (χ1) is 18.8. The molecular weight excluding hydrogens is 531 g/mol. The van der Waals surface area contributed by atoms with Crippen molar-refractivity contribution < 1.29 is 14.3 Å². The van der Waals surface area contributed by atoms with E-state index in [0.717, 1.165) is 75.8 Å². The Labute approximate surface area is 243 Å². The molecule has 0 unspecified atom stereocenters. The number of carbonyl (C=O) groups excluding carboxylic acids is 2. The van der Waals surface area contributed by atoms with Crippen molar-refractivity contribution in [3.8, 4) is 0 Å². The van der Waals surface area contributed by atoms with Gasteiger partial charge in [0.05, 0.1) is 0 Å². The zero-order chi connectivity index (χ0) is 27.6. The molecule has 0 spiro atoms. The van der Waals surface area contributed by atoms with Crippen LogP contribution in [0.2, 0.25) is 0 Å². The van der Waals surface area contributed by atoms with Crippen LogP contribution in [-0.4, -0.2) is 49.4 Å². The molecule has 0 aromatic heterocycles. The van der Waals surface area contributed by atoms with E-state index in [2.05, 4.69) is 30.1 Å². The van der Waals surface area contributed by atoms with Gasteiger partial charge in [0, 0.05) is 54.6 Å². The summed E-state index contributed by atoms with van der Waals surface area (Å²) in [4.78, 5) is 27.4. The molecule has 1 N–H and O–H groups in total. The second kappa shape index (κ2) is 11.9. The molecule has 0 bridgehead atoms. The predicted molar refractivity (Wildman–Crippen MR) is 159 cm³/mol. The van der Waals surface area contributed by atoms with E-state index in [0.29, 0.717) is 29.5 Å². The monoisotopic (exact) mass is 572 g/mol. The summed E-state index contributed by atoms with van der Waals surface area (Å²) < 4.78 is 6.17. The van der Waals surface area contributed by atoms with Crippen LogP contribution in [0.3, 0.4) is 0 Å². The molecule has 5 rings (SSSR count). The van der Waals surface area contributed by atoms with Crippen molar-refractivity contribution >= 4 is 46.8 Å². The number of hydrogen-bond acceptors (Lipinski definition) is 4. The van der Waals surface area contributed by atoms with Gasteiger partial charge in [-0.05, 0) is 91.9 Å². The first-order valence-corrected chi connectivity index (χ1v) is 15.7. The third kappa shape index (κ3) is 5.63. The fourth-order valence-electron chi connectivity index (χ4n) is 8.45. The normalized spacial score (nSPS) is 33.8. The second-order valence-corrected chi connectivity index (χ2v) is 13.1. The Kier molecular flexibility index (Phi) is 8.68. The van der Waals surface area contributed by atoms with Gasteiger partial charge in [-0.15, -0.1) is 23.2 Å². The molecule has 4 aliphatic rings. The summed E-state index contributed by atoms with van der Waals surface area (Å²) in [5.41, 5.74) is 3.46. The smallest absolute Gasteiger partial charge is 0.331 e. The largest absolute Gasteiger partial charge is 0.459 e. The summed E-state index contributed by atoms with van der Waals surface area (Å²) >= 11 is 11.9. The molecule has 1 aromatic carbocycles. The number of hydrogen-bond donors (Lipinski definition) is 1. The number of esters is 1. The predicted octanol–water partition coefficient (Wildman–Crippen LogP) is 6.58. The van der Waals surface area contributed by atoms with Crippen molar-refractivity contribution in [3.63, 3.8) is 0 Å². The molecule has 3 fully saturated rings. The number of carbonyl (C=O) groups is 2. The van der Waals surface area contributed by atoms with Crippen LogP contribution in [0, 0.1) is 28.6 Å². The van der Waals surface area contributed by atoms with Gasteiger partial charge in [-0.2, -0.15) is 0 Å². The van der Waals surface area contributed by atoms with E-state index in [1.54, 1.807) is 6.08 Å². The fourth-order valence-corrected chi connectivity index (χ4v) is 8.86. The van der Waals surface area contributed by atoms with E-state index in [1.165, 1.54) is 5.57 Å². The Morgan fingerprint density at radius 3 is 2.67 bits per heavy atom. The van der Waals surface area contributed by atoms with Crippen LogP contribution in [0.25, 0.3) is 6.08 Å². The van der Waals surface area contributed by atoms with Gasteiger partial charge in [-0.1, -0.05) is 31.6 Å². The Balaban J connectivity index is 1.25. The molecule has 1 heterocycles. The van der Waals surface area contributed by atoms with Crippen molar-refractivity contribution in [2.24, 2.45) is 28.6 Å². The summed E-state index contributed by atoms with van der Waals surface area (Å²) in [7, 11) is 0. The number of rotatable bonds is 8. The lowest BCUT2D eigenvalue weighted by molar-refractivity contribution is -0.153. The number of fused-ring (bicyclic) bond motifs is 5. The van der Waals surface area contributed by atoms with Gasteiger partial charge in [0.2, 0.25) is 5.91 Å². The van der Waals surface area contributed by atoms with Crippen molar-refractivity contribution in [2.75, 3.05) is 36.3 Å². The lowest BCUT2D eigenvalue weighted by Gasteiger charge is -2.56. The molecule has 0 saturated heterocycles. The number of alkyl halides is 2. The average molecular weight is 574 g/mol. The summed E-state index contributed by atoms with van der Waals surface area (Å²) in [6, 6.07) is 8.07. The second-order valence-electron chi connectivity index (χ2n) is 12.4. The van der Waals surface area contributed by atoms with Gasteiger partial charge in [0.15, 0.2) is 0 Å². The highest BCUT2D eigenvalue weighted by atomic mass is 35.5.